The molecule has 0 aliphatic carbocycles. The van der Waals surface area contributed by atoms with Gasteiger partial charge in [0, 0.05) is 30.9 Å². The number of ether oxygens (including phenoxy) is 10. The molecule has 0 unspecified atom stereocenters. The highest BCUT2D eigenvalue weighted by Crippen LogP contribution is 2.32. The van der Waals surface area contributed by atoms with Gasteiger partial charge in [0.2, 0.25) is 0 Å². The first-order chi connectivity index (χ1) is 29.2. The Balaban J connectivity index is 2.50. The zero-order valence-corrected chi connectivity index (χ0v) is 35.6. The number of benzene rings is 2. The van der Waals surface area contributed by atoms with E-state index >= 15 is 4.39 Å². The van der Waals surface area contributed by atoms with E-state index in [1.54, 1.807) is 18.2 Å². The summed E-state index contributed by atoms with van der Waals surface area (Å²) in [6.07, 6.45) is 6.34. The third kappa shape index (κ3) is 19.0. The normalized spacial score (nSPS) is 10.9. The Hall–Kier alpha value is -5.81. The molecular weight excluding hydrogens is 803 g/mol. The summed E-state index contributed by atoms with van der Waals surface area (Å²) in [4.78, 5) is 75.1. The molecule has 0 saturated heterocycles. The number of esters is 6. The monoisotopic (exact) mass is 860 g/mol. The number of methoxy groups -OCH3 is 2. The van der Waals surface area contributed by atoms with Crippen molar-refractivity contribution in [2.75, 3.05) is 73.7 Å². The molecule has 2 rings (SSSR count). The molecule has 0 radical (unpaired) electrons. The first-order valence-corrected chi connectivity index (χ1v) is 19.7. The Morgan fingerprint density at radius 3 is 1.54 bits per heavy atom. The first-order valence-electron chi connectivity index (χ1n) is 19.7. The maximum atomic E-state index is 15.3. The van der Waals surface area contributed by atoms with Crippen molar-refractivity contribution < 1.29 is 80.5 Å². The lowest BCUT2D eigenvalue weighted by Crippen LogP contribution is -2.45. The van der Waals surface area contributed by atoms with E-state index in [-0.39, 0.29) is 61.2 Å². The van der Waals surface area contributed by atoms with Crippen LogP contribution in [-0.2, 0) is 73.3 Å². The van der Waals surface area contributed by atoms with Gasteiger partial charge >= 0.3 is 35.8 Å². The highest BCUT2D eigenvalue weighted by Gasteiger charge is 2.39. The third-order valence-electron chi connectivity index (χ3n) is 8.57. The number of rotatable bonds is 28. The summed E-state index contributed by atoms with van der Waals surface area (Å²) in [7, 11) is 2.71. The second-order valence-electron chi connectivity index (χ2n) is 14.0. The van der Waals surface area contributed by atoms with Gasteiger partial charge in [-0.25, -0.2) is 33.2 Å². The molecule has 0 atom stereocenters. The smallest absolute Gasteiger partial charge is 0.417 e. The van der Waals surface area contributed by atoms with Gasteiger partial charge in [-0.15, -0.1) is 0 Å². The average molecular weight is 861 g/mol. The van der Waals surface area contributed by atoms with E-state index in [2.05, 4.69) is 20.1 Å². The van der Waals surface area contributed by atoms with Crippen molar-refractivity contribution in [3.05, 3.63) is 72.1 Å². The third-order valence-corrected chi connectivity index (χ3v) is 8.57. The predicted octanol–water partition coefficient (Wildman–Crippen LogP) is 5.80. The van der Waals surface area contributed by atoms with E-state index in [0.717, 1.165) is 32.1 Å². The molecule has 16 nitrogen and oxygen atoms in total. The highest BCUT2D eigenvalue weighted by molar-refractivity contribution is 6.30. The summed E-state index contributed by atoms with van der Waals surface area (Å²) in [5.74, 6) is -7.69. The number of hydrogen-bond acceptors (Lipinski definition) is 16. The Bertz CT molecular complexity index is 1770. The Morgan fingerprint density at radius 1 is 0.541 bits per heavy atom. The number of carbonyl (C=O) groups excluding carboxylic acids is 6. The van der Waals surface area contributed by atoms with E-state index in [1.165, 1.54) is 52.7 Å². The number of halogens is 1. The molecule has 0 aliphatic rings. The van der Waals surface area contributed by atoms with Crippen molar-refractivity contribution in [1.82, 2.24) is 0 Å². The second kappa shape index (κ2) is 27.9. The maximum absolute atomic E-state index is 15.3. The van der Waals surface area contributed by atoms with Crippen LogP contribution in [0.2, 0.25) is 0 Å². The first kappa shape index (κ1) is 51.3. The fourth-order valence-electron chi connectivity index (χ4n) is 5.07. The van der Waals surface area contributed by atoms with Gasteiger partial charge in [0.25, 0.3) is 0 Å². The van der Waals surface area contributed by atoms with Crippen LogP contribution in [0.1, 0.15) is 64.9 Å². The van der Waals surface area contributed by atoms with Crippen LogP contribution in [0.25, 0.3) is 11.1 Å². The van der Waals surface area contributed by atoms with Gasteiger partial charge in [-0.05, 0) is 55.7 Å². The molecule has 61 heavy (non-hydrogen) atoms. The number of hydrogen-bond donors (Lipinski definition) is 0. The van der Waals surface area contributed by atoms with E-state index in [9.17, 15) is 28.8 Å². The van der Waals surface area contributed by atoms with Gasteiger partial charge in [-0.1, -0.05) is 64.3 Å². The van der Waals surface area contributed by atoms with E-state index < -0.39 is 73.5 Å². The average Bonchev–Trinajstić information content (AvgIpc) is 3.24. The predicted molar refractivity (Wildman–Crippen MR) is 217 cm³/mol. The molecule has 0 saturated carbocycles. The lowest BCUT2D eigenvalue weighted by Gasteiger charge is -2.32. The van der Waals surface area contributed by atoms with Crippen LogP contribution in [0.15, 0.2) is 60.7 Å². The van der Waals surface area contributed by atoms with Crippen molar-refractivity contribution in [3.63, 3.8) is 0 Å². The molecule has 0 bridgehead atoms. The van der Waals surface area contributed by atoms with E-state index in [1.807, 2.05) is 0 Å². The van der Waals surface area contributed by atoms with Crippen LogP contribution in [0.3, 0.4) is 0 Å². The van der Waals surface area contributed by atoms with Crippen LogP contribution in [0.4, 0.5) is 4.39 Å². The summed E-state index contributed by atoms with van der Waals surface area (Å²) < 4.78 is 67.7. The van der Waals surface area contributed by atoms with E-state index in [0.29, 0.717) is 17.7 Å². The Labute approximate surface area is 355 Å². The van der Waals surface area contributed by atoms with Gasteiger partial charge in [0.05, 0.1) is 19.8 Å². The van der Waals surface area contributed by atoms with Crippen LogP contribution in [0.5, 0.6) is 11.5 Å². The largest absolute Gasteiger partial charge is 0.492 e. The van der Waals surface area contributed by atoms with Crippen molar-refractivity contribution in [2.24, 2.45) is 5.41 Å². The van der Waals surface area contributed by atoms with Crippen molar-refractivity contribution in [1.29, 1.82) is 0 Å². The highest BCUT2D eigenvalue weighted by atomic mass is 19.1. The number of unbranched alkanes of at least 4 members (excludes halogenated alkanes) is 5. The molecule has 0 spiro atoms. The lowest BCUT2D eigenvalue weighted by molar-refractivity contribution is -0.179. The van der Waals surface area contributed by atoms with Crippen molar-refractivity contribution in [2.45, 2.75) is 65.9 Å². The zero-order valence-electron chi connectivity index (χ0n) is 35.6. The summed E-state index contributed by atoms with van der Waals surface area (Å²) in [5.41, 5.74) is -0.508. The standard InChI is InChI=1S/C44H57FO16/c1-8-9-10-11-12-13-18-54-37-17-15-33(24-35(37)45)32-14-16-36(34(23-32)25-57-38(46)30(2)3)58-26-44(27-59-39(47)31(4)5,28-60-42(50)40(48)55-21-19-52-6)29-61-43(51)41(49)56-22-20-53-7/h14-17,23-24H,2,4,8-13,18-22,25-29H2,1,3,5-7H3. The van der Waals surface area contributed by atoms with Gasteiger partial charge in [0.15, 0.2) is 11.6 Å². The Morgan fingerprint density at radius 2 is 1.02 bits per heavy atom. The molecule has 0 aromatic heterocycles. The van der Waals surface area contributed by atoms with Crippen LogP contribution in [-0.4, -0.2) is 109 Å². The van der Waals surface area contributed by atoms with Gasteiger partial charge in [-0.2, -0.15) is 0 Å². The van der Waals surface area contributed by atoms with Crippen LogP contribution < -0.4 is 9.47 Å². The SMILES string of the molecule is C=C(C)C(=O)OCc1cc(-c2ccc(OCCCCCCCC)c(F)c2)ccc1OCC(COC(=O)C(=C)C)(COC(=O)C(=O)OCCOC)COC(=O)C(=O)OCCOC. The minimum absolute atomic E-state index is 0.0130. The Kier molecular flexibility index (Phi) is 23.4. The number of carbonyl (C=O) groups is 6. The minimum atomic E-state index is -1.82. The molecule has 0 aliphatic heterocycles. The molecule has 336 valence electrons. The minimum Gasteiger partial charge on any atom is -0.492 e. The summed E-state index contributed by atoms with van der Waals surface area (Å²) in [6, 6.07) is 9.17. The molecule has 0 N–H and O–H groups in total. The van der Waals surface area contributed by atoms with Crippen molar-refractivity contribution in [3.8, 4) is 22.6 Å². The fourth-order valence-corrected chi connectivity index (χ4v) is 5.07. The van der Waals surface area contributed by atoms with Crippen LogP contribution in [0, 0.1) is 11.2 Å². The molecule has 0 amide bonds. The van der Waals surface area contributed by atoms with Gasteiger partial charge in [-0.3, -0.25) is 0 Å². The topological polar surface area (TPSA) is 195 Å². The van der Waals surface area contributed by atoms with Crippen LogP contribution >= 0.6 is 0 Å². The summed E-state index contributed by atoms with van der Waals surface area (Å²) in [5, 5.41) is 0. The molecule has 2 aromatic carbocycles. The molecular formula is C44H57FO16. The van der Waals surface area contributed by atoms with Crippen molar-refractivity contribution >= 4 is 35.8 Å². The quantitative estimate of drug-likeness (QED) is 0.0327. The molecule has 0 heterocycles. The van der Waals surface area contributed by atoms with Gasteiger partial charge < -0.3 is 47.4 Å². The molecule has 17 heteroatoms. The summed E-state index contributed by atoms with van der Waals surface area (Å²) >= 11 is 0. The second-order valence-corrected chi connectivity index (χ2v) is 14.0. The summed E-state index contributed by atoms with van der Waals surface area (Å²) in [6.45, 7) is 8.70. The fraction of sp³-hybridized carbons (Fsp3) is 0.500. The lowest BCUT2D eigenvalue weighted by atomic mass is 9.92. The van der Waals surface area contributed by atoms with Gasteiger partial charge in [0.1, 0.15) is 57.4 Å². The zero-order chi connectivity index (χ0) is 45.2. The van der Waals surface area contributed by atoms with E-state index in [4.69, 9.17) is 47.4 Å². The molecule has 2 aromatic rings. The molecule has 0 fully saturated rings. The maximum Gasteiger partial charge on any atom is 0.417 e.